The Bertz CT molecular complexity index is 1010. The number of rotatable bonds is 5. The molecule has 2 aromatic carbocycles. The molecular formula is C19H13F2N3O4S. The number of hydrogen-bond donors (Lipinski definition) is 2. The molecule has 1 saturated heterocycles. The Balaban J connectivity index is 1.61. The standard InChI is InChI=1S/C19H13F2N3O4S/c20-11-1-5-13(6-2-11)22-16(25)9-15-18(27)24(19(28)29-15)10-17(26)23-14-7-3-12(21)4-8-14/h1-9H,10H2,(H,22,25)(H,23,26)/b15-9-. The number of thioether (sulfide) groups is 1. The van der Waals surface area contributed by atoms with Crippen LogP contribution in [0.2, 0.25) is 0 Å². The van der Waals surface area contributed by atoms with Gasteiger partial charge >= 0.3 is 0 Å². The molecule has 0 spiro atoms. The van der Waals surface area contributed by atoms with Crippen LogP contribution in [0.15, 0.2) is 59.5 Å². The Hall–Kier alpha value is -3.53. The van der Waals surface area contributed by atoms with Gasteiger partial charge in [0.05, 0.1) is 4.91 Å². The van der Waals surface area contributed by atoms with E-state index in [2.05, 4.69) is 10.6 Å². The molecule has 148 valence electrons. The van der Waals surface area contributed by atoms with E-state index in [0.29, 0.717) is 28.0 Å². The molecule has 0 aliphatic carbocycles. The summed E-state index contributed by atoms with van der Waals surface area (Å²) < 4.78 is 25.8. The highest BCUT2D eigenvalue weighted by atomic mass is 32.2. The molecule has 29 heavy (non-hydrogen) atoms. The lowest BCUT2D eigenvalue weighted by molar-refractivity contribution is -0.127. The summed E-state index contributed by atoms with van der Waals surface area (Å²) in [6.45, 7) is -0.557. The predicted octanol–water partition coefficient (Wildman–Crippen LogP) is 3.12. The molecule has 0 atom stereocenters. The SMILES string of the molecule is O=C(/C=C1\SC(=O)N(CC(=O)Nc2ccc(F)cc2)C1=O)Nc1ccc(F)cc1. The maximum Gasteiger partial charge on any atom is 0.294 e. The molecule has 2 N–H and O–H groups in total. The van der Waals surface area contributed by atoms with Crippen molar-refractivity contribution in [1.82, 2.24) is 4.90 Å². The van der Waals surface area contributed by atoms with Crippen LogP contribution in [0.3, 0.4) is 0 Å². The van der Waals surface area contributed by atoms with E-state index in [9.17, 15) is 28.0 Å². The van der Waals surface area contributed by atoms with Crippen molar-refractivity contribution in [2.24, 2.45) is 0 Å². The summed E-state index contributed by atoms with van der Waals surface area (Å²) >= 11 is 0.521. The minimum absolute atomic E-state index is 0.149. The minimum Gasteiger partial charge on any atom is -0.325 e. The third kappa shape index (κ3) is 5.26. The molecule has 0 saturated carbocycles. The third-order valence-corrected chi connectivity index (χ3v) is 4.58. The van der Waals surface area contributed by atoms with Gasteiger partial charge in [0.15, 0.2) is 0 Å². The maximum absolute atomic E-state index is 12.9. The van der Waals surface area contributed by atoms with Crippen LogP contribution >= 0.6 is 11.8 Å². The van der Waals surface area contributed by atoms with E-state index in [1.807, 2.05) is 0 Å². The van der Waals surface area contributed by atoms with Crippen molar-refractivity contribution in [2.75, 3.05) is 17.2 Å². The second-order valence-electron chi connectivity index (χ2n) is 5.82. The van der Waals surface area contributed by atoms with E-state index in [4.69, 9.17) is 0 Å². The first kappa shape index (κ1) is 20.2. The van der Waals surface area contributed by atoms with E-state index >= 15 is 0 Å². The monoisotopic (exact) mass is 417 g/mol. The second-order valence-corrected chi connectivity index (χ2v) is 6.81. The minimum atomic E-state index is -0.788. The molecule has 2 aromatic rings. The van der Waals surface area contributed by atoms with Crippen molar-refractivity contribution >= 4 is 46.1 Å². The predicted molar refractivity (Wildman–Crippen MR) is 103 cm³/mol. The van der Waals surface area contributed by atoms with E-state index in [-0.39, 0.29) is 4.91 Å². The average Bonchev–Trinajstić information content (AvgIpc) is 2.93. The zero-order valence-electron chi connectivity index (χ0n) is 14.6. The van der Waals surface area contributed by atoms with Crippen LogP contribution < -0.4 is 10.6 Å². The van der Waals surface area contributed by atoms with Crippen molar-refractivity contribution in [3.05, 3.63) is 71.1 Å². The Morgan fingerprint density at radius 1 is 0.897 bits per heavy atom. The zero-order valence-corrected chi connectivity index (χ0v) is 15.5. The zero-order chi connectivity index (χ0) is 21.0. The van der Waals surface area contributed by atoms with Gasteiger partial charge in [-0.15, -0.1) is 0 Å². The fraction of sp³-hybridized carbons (Fsp3) is 0.0526. The van der Waals surface area contributed by atoms with Gasteiger partial charge in [-0.25, -0.2) is 8.78 Å². The number of hydrogen-bond acceptors (Lipinski definition) is 5. The van der Waals surface area contributed by atoms with Gasteiger partial charge < -0.3 is 10.6 Å². The number of benzene rings is 2. The van der Waals surface area contributed by atoms with Crippen molar-refractivity contribution in [2.45, 2.75) is 0 Å². The van der Waals surface area contributed by atoms with Crippen LogP contribution in [0.1, 0.15) is 0 Å². The summed E-state index contributed by atoms with van der Waals surface area (Å²) in [5.74, 6) is -3.07. The van der Waals surface area contributed by atoms with E-state index in [1.54, 1.807) is 0 Å². The first-order valence-electron chi connectivity index (χ1n) is 8.19. The lowest BCUT2D eigenvalue weighted by atomic mass is 10.3. The van der Waals surface area contributed by atoms with Crippen LogP contribution in [-0.2, 0) is 14.4 Å². The number of imide groups is 1. The third-order valence-electron chi connectivity index (χ3n) is 3.68. The van der Waals surface area contributed by atoms with Crippen molar-refractivity contribution in [3.8, 4) is 0 Å². The number of carbonyl (C=O) groups excluding carboxylic acids is 4. The van der Waals surface area contributed by atoms with Gasteiger partial charge in [-0.05, 0) is 60.3 Å². The van der Waals surface area contributed by atoms with Crippen molar-refractivity contribution in [3.63, 3.8) is 0 Å². The van der Waals surface area contributed by atoms with Crippen LogP contribution in [0, 0.1) is 11.6 Å². The fourth-order valence-corrected chi connectivity index (χ4v) is 3.15. The molecule has 0 aromatic heterocycles. The Labute approximate surface area is 167 Å². The molecule has 1 aliphatic heterocycles. The van der Waals surface area contributed by atoms with Gasteiger partial charge in [0.2, 0.25) is 11.8 Å². The molecule has 7 nitrogen and oxygen atoms in total. The summed E-state index contributed by atoms with van der Waals surface area (Å²) in [4.78, 5) is 49.0. The summed E-state index contributed by atoms with van der Waals surface area (Å²) in [6, 6.07) is 9.96. The molecule has 3 rings (SSSR count). The highest BCUT2D eigenvalue weighted by Gasteiger charge is 2.36. The van der Waals surface area contributed by atoms with Gasteiger partial charge in [-0.2, -0.15) is 0 Å². The van der Waals surface area contributed by atoms with Gasteiger partial charge in [-0.3, -0.25) is 24.1 Å². The summed E-state index contributed by atoms with van der Waals surface area (Å²) in [5, 5.41) is 4.17. The fourth-order valence-electron chi connectivity index (χ4n) is 2.34. The highest BCUT2D eigenvalue weighted by Crippen LogP contribution is 2.30. The number of halogens is 2. The number of nitrogens with one attached hydrogen (secondary N) is 2. The van der Waals surface area contributed by atoms with Crippen molar-refractivity contribution in [1.29, 1.82) is 0 Å². The van der Waals surface area contributed by atoms with Crippen LogP contribution in [0.5, 0.6) is 0 Å². The van der Waals surface area contributed by atoms with Gasteiger partial charge in [0.1, 0.15) is 18.2 Å². The average molecular weight is 417 g/mol. The topological polar surface area (TPSA) is 95.6 Å². The number of carbonyl (C=O) groups is 4. The van der Waals surface area contributed by atoms with Gasteiger partial charge in [0.25, 0.3) is 11.1 Å². The second kappa shape index (κ2) is 8.65. The first-order valence-corrected chi connectivity index (χ1v) is 9.01. The smallest absolute Gasteiger partial charge is 0.294 e. The van der Waals surface area contributed by atoms with Crippen LogP contribution in [0.25, 0.3) is 0 Å². The number of anilines is 2. The van der Waals surface area contributed by atoms with Gasteiger partial charge in [-0.1, -0.05) is 0 Å². The van der Waals surface area contributed by atoms with Crippen molar-refractivity contribution < 1.29 is 28.0 Å². The Morgan fingerprint density at radius 2 is 1.41 bits per heavy atom. The molecular weight excluding hydrogens is 404 g/mol. The largest absolute Gasteiger partial charge is 0.325 e. The molecule has 1 fully saturated rings. The molecule has 10 heteroatoms. The Kier molecular flexibility index (Phi) is 6.03. The highest BCUT2D eigenvalue weighted by molar-refractivity contribution is 8.18. The normalized spacial score (nSPS) is 15.0. The summed E-state index contributed by atoms with van der Waals surface area (Å²) in [7, 11) is 0. The van der Waals surface area contributed by atoms with Gasteiger partial charge in [0, 0.05) is 17.5 Å². The Morgan fingerprint density at radius 3 is 1.97 bits per heavy atom. The molecule has 1 heterocycles. The molecule has 0 unspecified atom stereocenters. The van der Waals surface area contributed by atoms with E-state index in [0.717, 1.165) is 30.3 Å². The van der Waals surface area contributed by atoms with Crippen LogP contribution in [0.4, 0.5) is 25.0 Å². The lowest BCUT2D eigenvalue weighted by Gasteiger charge is -2.12. The van der Waals surface area contributed by atoms with E-state index < -0.39 is 41.1 Å². The number of amides is 4. The maximum atomic E-state index is 12.9. The first-order chi connectivity index (χ1) is 13.8. The molecule has 4 amide bonds. The summed E-state index contributed by atoms with van der Waals surface area (Å²) in [5.41, 5.74) is 0.614. The lowest BCUT2D eigenvalue weighted by Crippen LogP contribution is -2.36. The molecule has 1 aliphatic rings. The summed E-state index contributed by atoms with van der Waals surface area (Å²) in [6.07, 6.45) is 0.937. The van der Waals surface area contributed by atoms with Crippen LogP contribution in [-0.4, -0.2) is 34.4 Å². The quantitative estimate of drug-likeness (QED) is 0.729. The molecule has 0 radical (unpaired) electrons. The number of nitrogens with zero attached hydrogens (tertiary/aromatic N) is 1. The molecule has 0 bridgehead atoms. The van der Waals surface area contributed by atoms with E-state index in [1.165, 1.54) is 24.3 Å².